The Hall–Kier alpha value is -16.1. The van der Waals surface area contributed by atoms with Crippen LogP contribution in [0.5, 0.6) is 57.5 Å². The Morgan fingerprint density at radius 1 is 0.435 bits per heavy atom. The number of anilines is 4. The standard InChI is InChI=1S/C28H24FN5O5S.C18H13FN4O4S.C18H15FN4O2S.C16H9FN4O3S.C10H11NO4.C2H5BrO/c1-37-16-34-14-21(31-15-34)25-12-20-28(40-25)24(9-10-30-20)39-22-8-7-17(11-18(22)29)32-26(35)13-27(36)33-19-5-3-4-6-23(19)38-2;1-26-10-22-8-14(21-9-22)17-7-13-18(28-17)16(4-5-20-13)27-15-3-2-11(23(24)25)6-12(15)19;1-24-10-23-8-14(22-9-23)17-7-13-18(26-17)16(4-5-21-13)25-15-3-2-11(20)6-12(15)19;17-10-5-9(21(22)23)1-2-13(10)24-14-3-4-19-11-6-15(25-16(11)14)12-7-18-8-20-12;1-15-8-5-3-2-4-7(8)11-9(12)6-10(13)14;1-4-2-3/h3-12,14-15H,13,16H2,1-2H3,(H,32,35)(H,33,36);2-9H,10H2,1H3;2-9H,10,20H2,1H3;1-8H,(H,18,20);2-5H,6H2,1H3,(H,11,12)(H,13,14);2H2,1H3. The highest BCUT2D eigenvalue weighted by atomic mass is 79.9. The molecule has 6 aromatic carbocycles. The zero-order valence-corrected chi connectivity index (χ0v) is 77.9. The van der Waals surface area contributed by atoms with Crippen molar-refractivity contribution in [3.05, 3.63) is 288 Å². The van der Waals surface area contributed by atoms with Crippen LogP contribution in [-0.2, 0) is 58.3 Å². The third-order valence-corrected chi connectivity index (χ3v) is 23.7. The number of nitrogens with two attached hydrogens (primary N) is 1. The molecule has 0 spiro atoms. The average molecular weight is 2020 g/mol. The van der Waals surface area contributed by atoms with E-state index in [1.807, 2.05) is 52.0 Å². The van der Waals surface area contributed by atoms with Crippen molar-refractivity contribution < 1.29 is 99.1 Å². The van der Waals surface area contributed by atoms with Gasteiger partial charge in [-0.25, -0.2) is 37.5 Å². The molecule has 708 valence electrons. The number of carbonyl (C=O) groups is 4. The summed E-state index contributed by atoms with van der Waals surface area (Å²) in [7, 11) is 9.43. The lowest BCUT2D eigenvalue weighted by atomic mass is 10.2. The van der Waals surface area contributed by atoms with Crippen LogP contribution in [0.15, 0.2) is 245 Å². The number of nitrogen functional groups attached to an aromatic ring is 1. The number of carbonyl (C=O) groups excluding carboxylic acids is 3. The highest BCUT2D eigenvalue weighted by molar-refractivity contribution is 9.09. The number of H-pyrrole nitrogens is 1. The van der Waals surface area contributed by atoms with Gasteiger partial charge in [-0.3, -0.25) is 59.3 Å². The molecule has 0 fully saturated rings. The molecule has 0 aliphatic heterocycles. The normalized spacial score (nSPS) is 10.7. The van der Waals surface area contributed by atoms with E-state index in [0.717, 1.165) is 84.8 Å². The molecule has 0 aliphatic rings. The lowest BCUT2D eigenvalue weighted by Gasteiger charge is -2.11. The van der Waals surface area contributed by atoms with Gasteiger partial charge in [0.1, 0.15) is 73.0 Å². The van der Waals surface area contributed by atoms with E-state index in [2.05, 4.69) is 81.5 Å². The molecule has 18 aromatic rings. The number of halogens is 5. The van der Waals surface area contributed by atoms with Crippen molar-refractivity contribution >= 4 is 160 Å². The number of imidazole rings is 4. The third kappa shape index (κ3) is 26.3. The molecule has 0 saturated carbocycles. The van der Waals surface area contributed by atoms with Crippen LogP contribution in [0.25, 0.3) is 83.2 Å². The minimum Gasteiger partial charge on any atom is -0.495 e. The summed E-state index contributed by atoms with van der Waals surface area (Å²) in [6.07, 6.45) is 19.3. The van der Waals surface area contributed by atoms with Crippen molar-refractivity contribution in [2.75, 3.05) is 69.9 Å². The number of pyridine rings is 4. The lowest BCUT2D eigenvalue weighted by Crippen LogP contribution is -2.21. The van der Waals surface area contributed by atoms with Crippen LogP contribution >= 0.6 is 61.3 Å². The van der Waals surface area contributed by atoms with Gasteiger partial charge in [-0.2, -0.15) is 0 Å². The Kier molecular flexibility index (Phi) is 34.4. The highest BCUT2D eigenvalue weighted by Crippen LogP contribution is 2.45. The predicted octanol–water partition coefficient (Wildman–Crippen LogP) is 21.2. The maximum atomic E-state index is 15.0. The predicted molar refractivity (Wildman–Crippen MR) is 514 cm³/mol. The van der Waals surface area contributed by atoms with Gasteiger partial charge in [0.15, 0.2) is 46.3 Å². The number of aromatic amines is 1. The first-order valence-electron chi connectivity index (χ1n) is 40.2. The maximum Gasteiger partial charge on any atom is 0.312 e. The monoisotopic (exact) mass is 2020 g/mol. The third-order valence-electron chi connectivity index (χ3n) is 18.6. The van der Waals surface area contributed by atoms with Gasteiger partial charge in [-0.1, -0.05) is 40.2 Å². The van der Waals surface area contributed by atoms with Crippen molar-refractivity contribution in [2.24, 2.45) is 0 Å². The maximum absolute atomic E-state index is 15.0. The molecule has 0 aliphatic carbocycles. The molecule has 138 heavy (non-hydrogen) atoms. The number of nitrogens with zero attached hydrogens (tertiary/aromatic N) is 13. The van der Waals surface area contributed by atoms with Crippen molar-refractivity contribution in [3.8, 4) is 99.8 Å². The Balaban J connectivity index is 0.000000148. The van der Waals surface area contributed by atoms with Gasteiger partial charge in [-0.15, -0.1) is 45.3 Å². The molecule has 37 nitrogen and oxygen atoms in total. The highest BCUT2D eigenvalue weighted by Gasteiger charge is 2.23. The first-order chi connectivity index (χ1) is 66.8. The van der Waals surface area contributed by atoms with Crippen molar-refractivity contribution in [2.45, 2.75) is 33.0 Å². The number of fused-ring (bicyclic) bond motifs is 4. The number of carboxylic acids is 1. The number of hydrogen-bond donors (Lipinski definition) is 6. The summed E-state index contributed by atoms with van der Waals surface area (Å²) in [4.78, 5) is 107. The fraction of sp³-hybridized carbons (Fsp3) is 0.130. The fourth-order valence-corrected chi connectivity index (χ4v) is 16.6. The Bertz CT molecular complexity index is 7340. The molecule has 7 N–H and O–H groups in total. The van der Waals surface area contributed by atoms with E-state index in [4.69, 9.17) is 53.5 Å². The summed E-state index contributed by atoms with van der Waals surface area (Å²) < 4.78 is 119. The summed E-state index contributed by atoms with van der Waals surface area (Å²) in [5.74, 6) is -3.02. The van der Waals surface area contributed by atoms with Crippen molar-refractivity contribution in [1.29, 1.82) is 0 Å². The van der Waals surface area contributed by atoms with Gasteiger partial charge in [-0.05, 0) is 84.9 Å². The number of hydrogen-bond acceptors (Lipinski definition) is 31. The number of nitrogens with one attached hydrogen (secondary N) is 4. The van der Waals surface area contributed by atoms with Crippen LogP contribution in [0, 0.1) is 43.5 Å². The number of carboxylic acid groups (broad SMARTS) is 1. The number of amides is 3. The van der Waals surface area contributed by atoms with Gasteiger partial charge in [0.25, 0.3) is 11.4 Å². The molecule has 0 unspecified atom stereocenters. The second-order valence-corrected chi connectivity index (χ2v) is 32.9. The van der Waals surface area contributed by atoms with E-state index in [0.29, 0.717) is 93.8 Å². The average Bonchev–Trinajstić information content (AvgIpc) is 1.64. The minimum atomic E-state index is -1.16. The number of para-hydroxylation sites is 4. The van der Waals surface area contributed by atoms with Crippen LogP contribution in [0.3, 0.4) is 0 Å². The van der Waals surface area contributed by atoms with Crippen LogP contribution < -0.4 is 50.1 Å². The van der Waals surface area contributed by atoms with Gasteiger partial charge in [0.05, 0.1) is 162 Å². The molecular formula is C92H77BrF4N18O19S4. The van der Waals surface area contributed by atoms with E-state index in [1.165, 1.54) is 108 Å². The van der Waals surface area contributed by atoms with Crippen molar-refractivity contribution in [1.82, 2.24) is 58.6 Å². The molecule has 12 heterocycles. The number of non-ortho nitro benzene ring substituents is 2. The molecule has 0 atom stereocenters. The molecule has 12 aromatic heterocycles. The number of nitro benzene ring substituents is 2. The molecule has 0 radical (unpaired) electrons. The van der Waals surface area contributed by atoms with E-state index in [-0.39, 0.29) is 40.1 Å². The number of thiophene rings is 4. The Morgan fingerprint density at radius 3 is 1.14 bits per heavy atom. The lowest BCUT2D eigenvalue weighted by molar-refractivity contribution is -0.385. The van der Waals surface area contributed by atoms with E-state index in [1.54, 1.807) is 168 Å². The number of aliphatic carboxylic acids is 1. The number of alkyl halides is 1. The first-order valence-corrected chi connectivity index (χ1v) is 44.6. The smallest absolute Gasteiger partial charge is 0.312 e. The molecule has 3 amide bonds. The molecule has 18 rings (SSSR count). The SMILES string of the molecule is COCBr.COCn1cnc(-c2cc3nccc(Oc4ccc(N)cc4F)c3s2)c1.COCn1cnc(-c2cc3nccc(Oc4ccc(NC(=O)CC(=O)Nc5ccccc5OC)cc4F)c3s2)c1.COCn1cnc(-c2cc3nccc(Oc4ccc([N+](=O)[O-])cc4F)c3s2)c1.COc1ccccc1NC(=O)CC(=O)O.O=[N+]([O-])c1ccc(Oc2ccnc3cc(-c4cnc[nH]4)sc23)c(F)c1. The topological polar surface area (TPSA) is 463 Å². The Morgan fingerprint density at radius 2 is 0.790 bits per heavy atom. The number of methoxy groups -OCH3 is 6. The molecule has 46 heteroatoms. The zero-order valence-electron chi connectivity index (χ0n) is 73.0. The molecule has 0 saturated heterocycles. The largest absolute Gasteiger partial charge is 0.495 e. The number of nitro groups is 2. The minimum absolute atomic E-state index is 0.0289. The first kappa shape index (κ1) is 99.4. The second-order valence-electron chi connectivity index (χ2n) is 28.3. The van der Waals surface area contributed by atoms with Crippen molar-refractivity contribution in [3.63, 3.8) is 0 Å². The Labute approximate surface area is 803 Å². The van der Waals surface area contributed by atoms with Crippen LogP contribution in [-0.4, -0.2) is 145 Å². The quantitative estimate of drug-likeness (QED) is 0.00608. The van der Waals surface area contributed by atoms with Gasteiger partial charge < -0.3 is 92.8 Å². The van der Waals surface area contributed by atoms with Gasteiger partial charge >= 0.3 is 5.97 Å². The number of aromatic nitrogens is 12. The number of ether oxygens (including phenoxy) is 10. The summed E-state index contributed by atoms with van der Waals surface area (Å²) in [5.41, 5.74) is 13.0. The van der Waals surface area contributed by atoms with E-state index < -0.39 is 69.6 Å². The van der Waals surface area contributed by atoms with Crippen LogP contribution in [0.2, 0.25) is 0 Å². The zero-order chi connectivity index (χ0) is 97.9. The summed E-state index contributed by atoms with van der Waals surface area (Å²) in [5, 5.41) is 37.4. The number of benzene rings is 6. The molecular weight excluding hydrogens is 1950 g/mol. The van der Waals surface area contributed by atoms with Gasteiger partial charge in [0.2, 0.25) is 17.7 Å². The van der Waals surface area contributed by atoms with Crippen LogP contribution in [0.4, 0.5) is 51.7 Å². The number of rotatable bonds is 30. The van der Waals surface area contributed by atoms with E-state index >= 15 is 0 Å². The second kappa shape index (κ2) is 47.7. The van der Waals surface area contributed by atoms with Crippen LogP contribution in [0.1, 0.15) is 12.8 Å². The van der Waals surface area contributed by atoms with E-state index in [9.17, 15) is 57.0 Å². The fourth-order valence-electron chi connectivity index (χ4n) is 12.5. The summed E-state index contributed by atoms with van der Waals surface area (Å²) >= 11 is 8.77. The summed E-state index contributed by atoms with van der Waals surface area (Å²) in [6, 6.07) is 42.7. The molecule has 0 bridgehead atoms. The van der Waals surface area contributed by atoms with Gasteiger partial charge in [0, 0.05) is 132 Å². The summed E-state index contributed by atoms with van der Waals surface area (Å²) in [6.45, 7) is 1.21.